The second kappa shape index (κ2) is 8.02. The molecule has 1 aromatic heterocycles. The van der Waals surface area contributed by atoms with Crippen LogP contribution in [0.25, 0.3) is 17.0 Å². The molecule has 0 saturated heterocycles. The molecule has 0 bridgehead atoms. The van der Waals surface area contributed by atoms with E-state index >= 15 is 0 Å². The summed E-state index contributed by atoms with van der Waals surface area (Å²) in [6.07, 6.45) is 1.57. The van der Waals surface area contributed by atoms with Crippen molar-refractivity contribution >= 4 is 63.6 Å². The predicted molar refractivity (Wildman–Crippen MR) is 122 cm³/mol. The second-order valence-corrected chi connectivity index (χ2v) is 8.20. The van der Waals surface area contributed by atoms with Crippen LogP contribution in [0.4, 0.5) is 0 Å². The third-order valence-corrected chi connectivity index (χ3v) is 5.75. The summed E-state index contributed by atoms with van der Waals surface area (Å²) < 4.78 is 16.6. The number of carbonyl (C=O) groups is 2. The molecule has 1 aliphatic heterocycles. The normalized spacial score (nSPS) is 14.0. The van der Waals surface area contributed by atoms with Gasteiger partial charge in [-0.3, -0.25) is 4.79 Å². The Hall–Kier alpha value is -3.25. The molecule has 2 heterocycles. The van der Waals surface area contributed by atoms with Crippen LogP contribution in [-0.2, 0) is 0 Å². The number of fused-ring (bicyclic) bond motifs is 2. The summed E-state index contributed by atoms with van der Waals surface area (Å²) in [4.78, 5) is 25.2. The van der Waals surface area contributed by atoms with Crippen molar-refractivity contribution < 1.29 is 23.5 Å². The van der Waals surface area contributed by atoms with Crippen LogP contribution in [0.15, 0.2) is 70.8 Å². The van der Waals surface area contributed by atoms with Gasteiger partial charge in [-0.1, -0.05) is 40.9 Å². The number of furan rings is 1. The van der Waals surface area contributed by atoms with Crippen molar-refractivity contribution in [1.82, 2.24) is 0 Å². The molecule has 8 heteroatoms. The standard InChI is InChI=1S/C24H11Cl3O5/c25-14-2-6-19-13(9-14)10-22(31-19)24(29)30-15-3-4-16-20(11-15)32-21(23(16)28)8-12-1-5-17(26)18(27)7-12/h1-11H/b21-8-. The highest BCUT2D eigenvalue weighted by Gasteiger charge is 2.28. The molecule has 0 aliphatic carbocycles. The molecule has 0 N–H and O–H groups in total. The number of rotatable bonds is 3. The minimum atomic E-state index is -0.687. The Balaban J connectivity index is 1.37. The van der Waals surface area contributed by atoms with Crippen LogP contribution >= 0.6 is 34.8 Å². The van der Waals surface area contributed by atoms with Gasteiger partial charge in [-0.05, 0) is 60.2 Å². The minimum Gasteiger partial charge on any atom is -0.452 e. The lowest BCUT2D eigenvalue weighted by molar-refractivity contribution is 0.0703. The molecular weight excluding hydrogens is 475 g/mol. The predicted octanol–water partition coefficient (Wildman–Crippen LogP) is 7.23. The lowest BCUT2D eigenvalue weighted by Gasteiger charge is -2.04. The maximum absolute atomic E-state index is 12.6. The molecule has 0 radical (unpaired) electrons. The molecule has 1 aliphatic rings. The van der Waals surface area contributed by atoms with E-state index in [1.807, 2.05) is 0 Å². The molecule has 0 atom stereocenters. The summed E-state index contributed by atoms with van der Waals surface area (Å²) in [5.74, 6) is -0.346. The first-order valence-electron chi connectivity index (χ1n) is 9.32. The Morgan fingerprint density at radius 1 is 0.906 bits per heavy atom. The number of halogens is 3. The number of ketones is 1. The molecule has 0 saturated carbocycles. The van der Waals surface area contributed by atoms with Crippen molar-refractivity contribution in [3.8, 4) is 11.5 Å². The van der Waals surface area contributed by atoms with E-state index in [2.05, 4.69) is 0 Å². The van der Waals surface area contributed by atoms with Crippen LogP contribution in [0.3, 0.4) is 0 Å². The van der Waals surface area contributed by atoms with Gasteiger partial charge in [0.25, 0.3) is 0 Å². The van der Waals surface area contributed by atoms with Gasteiger partial charge < -0.3 is 13.9 Å². The molecular formula is C24H11Cl3O5. The number of hydrogen-bond acceptors (Lipinski definition) is 5. The van der Waals surface area contributed by atoms with Crippen LogP contribution < -0.4 is 9.47 Å². The van der Waals surface area contributed by atoms with E-state index in [-0.39, 0.29) is 28.8 Å². The molecule has 0 amide bonds. The van der Waals surface area contributed by atoms with E-state index in [4.69, 9.17) is 48.7 Å². The minimum absolute atomic E-state index is 0.0277. The first-order valence-corrected chi connectivity index (χ1v) is 10.5. The molecule has 0 unspecified atom stereocenters. The zero-order valence-electron chi connectivity index (χ0n) is 16.0. The fourth-order valence-electron chi connectivity index (χ4n) is 3.26. The molecule has 3 aromatic carbocycles. The third kappa shape index (κ3) is 3.86. The second-order valence-electron chi connectivity index (χ2n) is 6.95. The summed E-state index contributed by atoms with van der Waals surface area (Å²) in [5, 5.41) is 1.99. The van der Waals surface area contributed by atoms with Crippen molar-refractivity contribution in [2.24, 2.45) is 0 Å². The van der Waals surface area contributed by atoms with Crippen molar-refractivity contribution in [2.75, 3.05) is 0 Å². The SMILES string of the molecule is O=C(Oc1ccc2c(c1)O/C(=C\c1ccc(Cl)c(Cl)c1)C2=O)c1cc2cc(Cl)ccc2o1. The van der Waals surface area contributed by atoms with Gasteiger partial charge in [0.2, 0.25) is 11.5 Å². The average molecular weight is 486 g/mol. The van der Waals surface area contributed by atoms with Crippen LogP contribution in [0, 0.1) is 0 Å². The lowest BCUT2D eigenvalue weighted by Crippen LogP contribution is -2.07. The highest BCUT2D eigenvalue weighted by Crippen LogP contribution is 2.36. The number of Topliss-reactive ketones (excluding diaryl/α,β-unsaturated/α-hetero) is 1. The molecule has 0 spiro atoms. The molecule has 5 nitrogen and oxygen atoms in total. The summed E-state index contributed by atoms with van der Waals surface area (Å²) in [6.45, 7) is 0. The van der Waals surface area contributed by atoms with Crippen LogP contribution in [0.1, 0.15) is 26.5 Å². The summed E-state index contributed by atoms with van der Waals surface area (Å²) in [6, 6.07) is 16.1. The van der Waals surface area contributed by atoms with E-state index in [0.717, 1.165) is 0 Å². The highest BCUT2D eigenvalue weighted by molar-refractivity contribution is 6.42. The van der Waals surface area contributed by atoms with E-state index in [1.165, 1.54) is 18.2 Å². The van der Waals surface area contributed by atoms with Gasteiger partial charge in [0.1, 0.15) is 17.1 Å². The van der Waals surface area contributed by atoms with Gasteiger partial charge >= 0.3 is 5.97 Å². The van der Waals surface area contributed by atoms with Gasteiger partial charge in [0.05, 0.1) is 15.6 Å². The number of hydrogen-bond donors (Lipinski definition) is 0. The summed E-state index contributed by atoms with van der Waals surface area (Å²) in [7, 11) is 0. The van der Waals surface area contributed by atoms with E-state index in [1.54, 1.807) is 48.5 Å². The Bertz CT molecular complexity index is 1450. The number of ether oxygens (including phenoxy) is 2. The van der Waals surface area contributed by atoms with Crippen LogP contribution in [0.2, 0.25) is 15.1 Å². The molecule has 4 aromatic rings. The van der Waals surface area contributed by atoms with Gasteiger partial charge in [-0.2, -0.15) is 0 Å². The van der Waals surface area contributed by atoms with Crippen LogP contribution in [0.5, 0.6) is 11.5 Å². The molecule has 5 rings (SSSR count). The Morgan fingerprint density at radius 3 is 2.56 bits per heavy atom. The van der Waals surface area contributed by atoms with Crippen LogP contribution in [-0.4, -0.2) is 11.8 Å². The van der Waals surface area contributed by atoms with E-state index < -0.39 is 5.97 Å². The van der Waals surface area contributed by atoms with Gasteiger partial charge in [0.15, 0.2) is 5.76 Å². The van der Waals surface area contributed by atoms with Crippen molar-refractivity contribution in [2.45, 2.75) is 0 Å². The topological polar surface area (TPSA) is 65.7 Å². The zero-order valence-corrected chi connectivity index (χ0v) is 18.3. The first kappa shape index (κ1) is 20.6. The van der Waals surface area contributed by atoms with E-state index in [0.29, 0.717) is 37.2 Å². The Morgan fingerprint density at radius 2 is 1.75 bits per heavy atom. The van der Waals surface area contributed by atoms with Gasteiger partial charge in [0, 0.05) is 16.5 Å². The maximum Gasteiger partial charge on any atom is 0.379 e. The Kier molecular flexibility index (Phi) is 5.18. The molecule has 0 fully saturated rings. The molecule has 32 heavy (non-hydrogen) atoms. The smallest absolute Gasteiger partial charge is 0.379 e. The quantitative estimate of drug-likeness (QED) is 0.174. The van der Waals surface area contributed by atoms with Crippen molar-refractivity contribution in [1.29, 1.82) is 0 Å². The highest BCUT2D eigenvalue weighted by atomic mass is 35.5. The fourth-order valence-corrected chi connectivity index (χ4v) is 3.74. The monoisotopic (exact) mass is 484 g/mol. The maximum atomic E-state index is 12.6. The van der Waals surface area contributed by atoms with Crippen molar-refractivity contribution in [3.63, 3.8) is 0 Å². The zero-order chi connectivity index (χ0) is 22.4. The Labute approximate surface area is 196 Å². The van der Waals surface area contributed by atoms with Crippen molar-refractivity contribution in [3.05, 3.63) is 98.4 Å². The first-order chi connectivity index (χ1) is 15.4. The van der Waals surface area contributed by atoms with E-state index in [9.17, 15) is 9.59 Å². The number of esters is 1. The largest absolute Gasteiger partial charge is 0.452 e. The lowest BCUT2D eigenvalue weighted by atomic mass is 10.1. The van der Waals surface area contributed by atoms with Gasteiger partial charge in [-0.15, -0.1) is 0 Å². The summed E-state index contributed by atoms with van der Waals surface area (Å²) in [5.41, 5.74) is 1.53. The fraction of sp³-hybridized carbons (Fsp3) is 0. The third-order valence-electron chi connectivity index (χ3n) is 4.77. The number of allylic oxidation sites excluding steroid dienone is 1. The molecule has 158 valence electrons. The average Bonchev–Trinajstić information content (AvgIpc) is 3.31. The number of benzene rings is 3. The summed E-state index contributed by atoms with van der Waals surface area (Å²) >= 11 is 17.9. The van der Waals surface area contributed by atoms with Gasteiger partial charge in [-0.25, -0.2) is 4.79 Å². The number of carbonyl (C=O) groups excluding carboxylic acids is 2.